The minimum Gasteiger partial charge on any atom is -0.497 e. The summed E-state index contributed by atoms with van der Waals surface area (Å²) in [6, 6.07) is 6.07. The fraction of sp³-hybridized carbons (Fsp3) is 0.591. The van der Waals surface area contributed by atoms with E-state index >= 15 is 0 Å². The molecule has 3 atom stereocenters. The molecule has 1 amide bonds. The number of rotatable bonds is 6. The number of nitrogens with one attached hydrogen (secondary N) is 2. The molecule has 4 heteroatoms. The molecule has 0 spiro atoms. The number of ether oxygens (including phenoxy) is 1. The van der Waals surface area contributed by atoms with E-state index in [9.17, 15) is 4.79 Å². The summed E-state index contributed by atoms with van der Waals surface area (Å²) >= 11 is 0. The van der Waals surface area contributed by atoms with E-state index in [0.717, 1.165) is 24.1 Å². The van der Waals surface area contributed by atoms with E-state index in [-0.39, 0.29) is 11.8 Å². The molecule has 1 aromatic carbocycles. The maximum absolute atomic E-state index is 12.8. The van der Waals surface area contributed by atoms with Crippen LogP contribution in [-0.2, 0) is 11.2 Å². The summed E-state index contributed by atoms with van der Waals surface area (Å²) < 4.78 is 5.27. The summed E-state index contributed by atoms with van der Waals surface area (Å²) in [5.41, 5.74) is 2.31. The Morgan fingerprint density at radius 3 is 2.88 bits per heavy atom. The Hall–Kier alpha value is -1.97. The first-order valence-corrected chi connectivity index (χ1v) is 9.91. The molecule has 1 saturated carbocycles. The molecule has 0 unspecified atom stereocenters. The van der Waals surface area contributed by atoms with E-state index in [2.05, 4.69) is 37.1 Å². The van der Waals surface area contributed by atoms with Crippen molar-refractivity contribution in [1.29, 1.82) is 0 Å². The van der Waals surface area contributed by atoms with Gasteiger partial charge in [0.05, 0.1) is 7.11 Å². The summed E-state index contributed by atoms with van der Waals surface area (Å²) in [5, 5.41) is 4.41. The molecule has 0 radical (unpaired) electrons. The Kier molecular flexibility index (Phi) is 5.90. The lowest BCUT2D eigenvalue weighted by Crippen LogP contribution is -2.40. The number of hydrogen-bond donors (Lipinski definition) is 2. The van der Waals surface area contributed by atoms with Crippen LogP contribution in [0.2, 0.25) is 0 Å². The van der Waals surface area contributed by atoms with E-state index in [1.54, 1.807) is 7.11 Å². The fourth-order valence-corrected chi connectivity index (χ4v) is 4.45. The van der Waals surface area contributed by atoms with Gasteiger partial charge >= 0.3 is 0 Å². The minimum atomic E-state index is 0.172. The highest BCUT2D eigenvalue weighted by atomic mass is 16.5. The Morgan fingerprint density at radius 2 is 2.15 bits per heavy atom. The number of carbonyl (C=O) groups is 1. The molecule has 1 aliphatic carbocycles. The van der Waals surface area contributed by atoms with Gasteiger partial charge in [0.2, 0.25) is 5.91 Å². The van der Waals surface area contributed by atoms with Crippen molar-refractivity contribution < 1.29 is 9.53 Å². The van der Waals surface area contributed by atoms with Gasteiger partial charge in [-0.15, -0.1) is 0 Å². The second-order valence-electron chi connectivity index (χ2n) is 8.20. The number of aromatic nitrogens is 1. The van der Waals surface area contributed by atoms with E-state index in [1.165, 1.54) is 23.8 Å². The highest BCUT2D eigenvalue weighted by Crippen LogP contribution is 2.38. The first kappa shape index (κ1) is 18.8. The molecule has 1 fully saturated rings. The average molecular weight is 357 g/mol. The zero-order chi connectivity index (χ0) is 18.7. The van der Waals surface area contributed by atoms with Crippen molar-refractivity contribution in [1.82, 2.24) is 10.3 Å². The van der Waals surface area contributed by atoms with Crippen molar-refractivity contribution in [3.63, 3.8) is 0 Å². The second kappa shape index (κ2) is 8.15. The molecule has 2 N–H and O–H groups in total. The van der Waals surface area contributed by atoms with Crippen LogP contribution in [0.1, 0.15) is 45.6 Å². The van der Waals surface area contributed by atoms with Gasteiger partial charge in [0.15, 0.2) is 0 Å². The molecule has 0 bridgehead atoms. The topological polar surface area (TPSA) is 54.1 Å². The summed E-state index contributed by atoms with van der Waals surface area (Å²) in [6.07, 6.45) is 6.34. The highest BCUT2D eigenvalue weighted by molar-refractivity contribution is 5.84. The molecule has 26 heavy (non-hydrogen) atoms. The molecule has 142 valence electrons. The zero-order valence-electron chi connectivity index (χ0n) is 16.5. The summed E-state index contributed by atoms with van der Waals surface area (Å²) in [7, 11) is 1.68. The van der Waals surface area contributed by atoms with Crippen LogP contribution in [0.4, 0.5) is 0 Å². The van der Waals surface area contributed by atoms with Crippen LogP contribution in [0.5, 0.6) is 5.75 Å². The Balaban J connectivity index is 1.59. The molecule has 2 aromatic rings. The third kappa shape index (κ3) is 4.05. The minimum absolute atomic E-state index is 0.172. The van der Waals surface area contributed by atoms with Gasteiger partial charge in [0, 0.05) is 35.6 Å². The molecular weight excluding hydrogens is 324 g/mol. The number of hydrogen-bond acceptors (Lipinski definition) is 2. The van der Waals surface area contributed by atoms with Crippen LogP contribution < -0.4 is 10.1 Å². The van der Waals surface area contributed by atoms with Crippen molar-refractivity contribution in [2.45, 2.75) is 46.5 Å². The van der Waals surface area contributed by atoms with Crippen molar-refractivity contribution in [2.75, 3.05) is 13.7 Å². The predicted octanol–water partition coefficient (Wildman–Crippen LogP) is 4.54. The summed E-state index contributed by atoms with van der Waals surface area (Å²) in [4.78, 5) is 16.1. The van der Waals surface area contributed by atoms with Gasteiger partial charge < -0.3 is 15.0 Å². The number of H-pyrrole nitrogens is 1. The van der Waals surface area contributed by atoms with E-state index in [4.69, 9.17) is 4.74 Å². The van der Waals surface area contributed by atoms with Gasteiger partial charge in [-0.3, -0.25) is 4.79 Å². The average Bonchev–Trinajstić information content (AvgIpc) is 3.03. The summed E-state index contributed by atoms with van der Waals surface area (Å²) in [6.45, 7) is 7.47. The smallest absolute Gasteiger partial charge is 0.223 e. The third-order valence-electron chi connectivity index (χ3n) is 6.03. The van der Waals surface area contributed by atoms with Crippen molar-refractivity contribution >= 4 is 16.8 Å². The number of carbonyl (C=O) groups excluding carboxylic acids is 1. The highest BCUT2D eigenvalue weighted by Gasteiger charge is 2.35. The number of benzene rings is 1. The monoisotopic (exact) mass is 356 g/mol. The van der Waals surface area contributed by atoms with Crippen molar-refractivity contribution in [3.05, 3.63) is 30.0 Å². The maximum atomic E-state index is 12.8. The molecule has 1 aromatic heterocycles. The lowest BCUT2D eigenvalue weighted by atomic mass is 9.70. The van der Waals surface area contributed by atoms with Gasteiger partial charge in [0.1, 0.15) is 5.75 Å². The van der Waals surface area contributed by atoms with Crippen LogP contribution >= 0.6 is 0 Å². The van der Waals surface area contributed by atoms with E-state index < -0.39 is 0 Å². The molecule has 3 rings (SSSR count). The Labute approximate surface area is 156 Å². The van der Waals surface area contributed by atoms with Gasteiger partial charge in [-0.1, -0.05) is 27.2 Å². The van der Waals surface area contributed by atoms with Gasteiger partial charge in [-0.2, -0.15) is 0 Å². The molecule has 0 aliphatic heterocycles. The standard InChI is InChI=1S/C22H32N2O2/c1-14(2)18-7-5-15(3)11-20(18)22(25)23-10-9-16-13-24-21-12-17(26-4)6-8-19(16)21/h6,8,12-15,18,20,24H,5,7,9-11H2,1-4H3,(H,23,25)/t15-,18+,20-/m1/s1. The summed E-state index contributed by atoms with van der Waals surface area (Å²) in [5.74, 6) is 3.02. The lowest BCUT2D eigenvalue weighted by Gasteiger charge is -2.36. The molecule has 0 saturated heterocycles. The predicted molar refractivity (Wildman–Crippen MR) is 106 cm³/mol. The van der Waals surface area contributed by atoms with Gasteiger partial charge in [0.25, 0.3) is 0 Å². The Morgan fingerprint density at radius 1 is 1.35 bits per heavy atom. The first-order valence-electron chi connectivity index (χ1n) is 9.91. The normalized spacial score (nSPS) is 23.3. The SMILES string of the molecule is COc1ccc2c(CCNC(=O)[C@@H]3C[C@H](C)CC[C@H]3C(C)C)c[nH]c2c1. The van der Waals surface area contributed by atoms with Gasteiger partial charge in [-0.25, -0.2) is 0 Å². The number of methoxy groups -OCH3 is 1. The number of amides is 1. The van der Waals surface area contributed by atoms with Crippen LogP contribution in [0.3, 0.4) is 0 Å². The number of fused-ring (bicyclic) bond motifs is 1. The van der Waals surface area contributed by atoms with Crippen LogP contribution in [0.25, 0.3) is 10.9 Å². The van der Waals surface area contributed by atoms with Crippen molar-refractivity contribution in [3.8, 4) is 5.75 Å². The number of aromatic amines is 1. The second-order valence-corrected chi connectivity index (χ2v) is 8.20. The quantitative estimate of drug-likeness (QED) is 0.798. The maximum Gasteiger partial charge on any atom is 0.223 e. The molecule has 4 nitrogen and oxygen atoms in total. The zero-order valence-corrected chi connectivity index (χ0v) is 16.5. The third-order valence-corrected chi connectivity index (χ3v) is 6.03. The molecule has 1 aliphatic rings. The van der Waals surface area contributed by atoms with E-state index in [0.29, 0.717) is 24.3 Å². The van der Waals surface area contributed by atoms with Crippen LogP contribution in [0, 0.1) is 23.7 Å². The first-order chi connectivity index (χ1) is 12.5. The van der Waals surface area contributed by atoms with Crippen LogP contribution in [-0.4, -0.2) is 24.5 Å². The van der Waals surface area contributed by atoms with E-state index in [1.807, 2.05) is 18.3 Å². The molecule has 1 heterocycles. The fourth-order valence-electron chi connectivity index (χ4n) is 4.45. The van der Waals surface area contributed by atoms with Crippen molar-refractivity contribution in [2.24, 2.45) is 23.7 Å². The lowest BCUT2D eigenvalue weighted by molar-refractivity contribution is -0.129. The Bertz CT molecular complexity index is 750. The molecular formula is C22H32N2O2. The van der Waals surface area contributed by atoms with Gasteiger partial charge in [-0.05, 0) is 54.7 Å². The van der Waals surface area contributed by atoms with Crippen LogP contribution in [0.15, 0.2) is 24.4 Å². The largest absolute Gasteiger partial charge is 0.497 e.